The van der Waals surface area contributed by atoms with Crippen LogP contribution in [0.2, 0.25) is 0 Å². The van der Waals surface area contributed by atoms with Crippen LogP contribution < -0.4 is 10.2 Å². The maximum Gasteiger partial charge on any atom is 0.242 e. The molecule has 1 heterocycles. The zero-order chi connectivity index (χ0) is 13.2. The molecule has 1 aliphatic heterocycles. The average molecular weight is 258 g/mol. The number of nitrogens with zero attached hydrogens (tertiary/aromatic N) is 1. The molecule has 0 saturated heterocycles. The molecule has 0 unspecified atom stereocenters. The highest BCUT2D eigenvalue weighted by Crippen LogP contribution is 2.29. The summed E-state index contributed by atoms with van der Waals surface area (Å²) in [6.07, 6.45) is 5.86. The first-order valence-electron chi connectivity index (χ1n) is 7.40. The number of amides is 1. The molecule has 1 N–H and O–H groups in total. The van der Waals surface area contributed by atoms with E-state index < -0.39 is 0 Å². The van der Waals surface area contributed by atoms with E-state index in [0.717, 1.165) is 25.8 Å². The number of rotatable bonds is 3. The maximum absolute atomic E-state index is 12.3. The van der Waals surface area contributed by atoms with E-state index in [1.807, 2.05) is 6.92 Å². The van der Waals surface area contributed by atoms with E-state index in [2.05, 4.69) is 34.5 Å². The quantitative estimate of drug-likeness (QED) is 0.903. The van der Waals surface area contributed by atoms with Crippen LogP contribution in [-0.4, -0.2) is 24.5 Å². The summed E-state index contributed by atoms with van der Waals surface area (Å²) in [5, 5.41) is 3.21. The molecule has 3 rings (SSSR count). The summed E-state index contributed by atoms with van der Waals surface area (Å²) in [5.74, 6) is 0.184. The summed E-state index contributed by atoms with van der Waals surface area (Å²) in [4.78, 5) is 14.6. The van der Waals surface area contributed by atoms with Crippen molar-refractivity contribution in [1.82, 2.24) is 5.32 Å². The number of carbonyl (C=O) groups is 1. The summed E-state index contributed by atoms with van der Waals surface area (Å²) < 4.78 is 0. The van der Waals surface area contributed by atoms with E-state index >= 15 is 0 Å². The number of para-hydroxylation sites is 1. The lowest BCUT2D eigenvalue weighted by Gasteiger charge is -2.27. The lowest BCUT2D eigenvalue weighted by Crippen LogP contribution is -2.47. The van der Waals surface area contributed by atoms with E-state index in [4.69, 9.17) is 0 Å². The van der Waals surface area contributed by atoms with Crippen LogP contribution in [0.1, 0.15) is 38.2 Å². The fourth-order valence-corrected chi connectivity index (χ4v) is 3.30. The van der Waals surface area contributed by atoms with Crippen LogP contribution in [-0.2, 0) is 11.2 Å². The van der Waals surface area contributed by atoms with Crippen LogP contribution in [0.3, 0.4) is 0 Å². The zero-order valence-corrected chi connectivity index (χ0v) is 11.6. The fourth-order valence-electron chi connectivity index (χ4n) is 3.30. The number of anilines is 1. The van der Waals surface area contributed by atoms with Crippen molar-refractivity contribution in [3.8, 4) is 0 Å². The Morgan fingerprint density at radius 2 is 2.05 bits per heavy atom. The second-order valence-electron chi connectivity index (χ2n) is 5.74. The first kappa shape index (κ1) is 12.5. The molecule has 1 saturated carbocycles. The van der Waals surface area contributed by atoms with Crippen molar-refractivity contribution in [2.45, 2.75) is 51.1 Å². The number of nitrogens with one attached hydrogen (secondary N) is 1. The topological polar surface area (TPSA) is 32.3 Å². The first-order chi connectivity index (χ1) is 9.25. The van der Waals surface area contributed by atoms with Crippen LogP contribution in [0.4, 0.5) is 5.69 Å². The van der Waals surface area contributed by atoms with E-state index in [1.54, 1.807) is 0 Å². The van der Waals surface area contributed by atoms with Crippen molar-refractivity contribution in [3.63, 3.8) is 0 Å². The third-order valence-corrected chi connectivity index (χ3v) is 4.47. The Balaban J connectivity index is 1.67. The summed E-state index contributed by atoms with van der Waals surface area (Å²) in [6, 6.07) is 8.76. The number of benzene rings is 1. The van der Waals surface area contributed by atoms with Crippen molar-refractivity contribution in [2.24, 2.45) is 0 Å². The van der Waals surface area contributed by atoms with Gasteiger partial charge in [0.1, 0.15) is 6.04 Å². The van der Waals surface area contributed by atoms with Gasteiger partial charge >= 0.3 is 0 Å². The molecule has 1 aromatic rings. The van der Waals surface area contributed by atoms with Gasteiger partial charge in [-0.1, -0.05) is 31.0 Å². The zero-order valence-electron chi connectivity index (χ0n) is 11.6. The molecule has 0 aromatic heterocycles. The lowest BCUT2D eigenvalue weighted by atomic mass is 10.1. The SMILES string of the molecule is C[C@H](C(=O)NC1CCCC1)N1CCc2ccccc21. The molecule has 0 bridgehead atoms. The molecular weight excluding hydrogens is 236 g/mol. The predicted molar refractivity (Wildman–Crippen MR) is 77.4 cm³/mol. The lowest BCUT2D eigenvalue weighted by molar-refractivity contribution is -0.122. The van der Waals surface area contributed by atoms with Gasteiger partial charge in [0, 0.05) is 18.3 Å². The molecule has 3 heteroatoms. The smallest absolute Gasteiger partial charge is 0.242 e. The predicted octanol–water partition coefficient (Wildman–Crippen LogP) is 2.50. The standard InChI is InChI=1S/C16H22N2O/c1-12(16(19)17-14-7-3-4-8-14)18-11-10-13-6-2-5-9-15(13)18/h2,5-6,9,12,14H,3-4,7-8,10-11H2,1H3,(H,17,19)/t12-/m1/s1. The summed E-state index contributed by atoms with van der Waals surface area (Å²) in [6.45, 7) is 2.98. The second kappa shape index (κ2) is 5.24. The molecule has 102 valence electrons. The molecule has 1 aromatic carbocycles. The molecule has 1 aliphatic carbocycles. The maximum atomic E-state index is 12.3. The van der Waals surface area contributed by atoms with Gasteiger partial charge < -0.3 is 10.2 Å². The van der Waals surface area contributed by atoms with E-state index in [9.17, 15) is 4.79 Å². The van der Waals surface area contributed by atoms with Crippen LogP contribution in [0, 0.1) is 0 Å². The Hall–Kier alpha value is -1.51. The number of hydrogen-bond donors (Lipinski definition) is 1. The fraction of sp³-hybridized carbons (Fsp3) is 0.562. The first-order valence-corrected chi connectivity index (χ1v) is 7.40. The summed E-state index contributed by atoms with van der Waals surface area (Å²) in [5.41, 5.74) is 2.60. The highest BCUT2D eigenvalue weighted by atomic mass is 16.2. The number of fused-ring (bicyclic) bond motifs is 1. The van der Waals surface area contributed by atoms with Gasteiger partial charge in [-0.2, -0.15) is 0 Å². The van der Waals surface area contributed by atoms with Crippen LogP contribution >= 0.6 is 0 Å². The molecule has 0 spiro atoms. The monoisotopic (exact) mass is 258 g/mol. The minimum Gasteiger partial charge on any atom is -0.359 e. The van der Waals surface area contributed by atoms with Gasteiger partial charge in [-0.05, 0) is 37.8 Å². The molecule has 3 nitrogen and oxygen atoms in total. The second-order valence-corrected chi connectivity index (χ2v) is 5.74. The Labute approximate surface area is 115 Å². The number of hydrogen-bond acceptors (Lipinski definition) is 2. The molecule has 0 radical (unpaired) electrons. The average Bonchev–Trinajstić information content (AvgIpc) is 3.06. The van der Waals surface area contributed by atoms with E-state index in [1.165, 1.54) is 24.1 Å². The highest BCUT2D eigenvalue weighted by molar-refractivity contribution is 5.86. The molecule has 1 amide bonds. The van der Waals surface area contributed by atoms with E-state index in [0.29, 0.717) is 6.04 Å². The molecule has 1 atom stereocenters. The normalized spacial score (nSPS) is 20.4. The molecule has 2 aliphatic rings. The summed E-state index contributed by atoms with van der Waals surface area (Å²) in [7, 11) is 0. The van der Waals surface area contributed by atoms with Crippen molar-refractivity contribution < 1.29 is 4.79 Å². The van der Waals surface area contributed by atoms with Crippen molar-refractivity contribution in [3.05, 3.63) is 29.8 Å². The van der Waals surface area contributed by atoms with Crippen molar-refractivity contribution in [1.29, 1.82) is 0 Å². The van der Waals surface area contributed by atoms with Gasteiger partial charge in [0.2, 0.25) is 5.91 Å². The number of carbonyl (C=O) groups excluding carboxylic acids is 1. The molecule has 1 fully saturated rings. The van der Waals surface area contributed by atoms with Crippen LogP contribution in [0.25, 0.3) is 0 Å². The Morgan fingerprint density at radius 3 is 2.84 bits per heavy atom. The molecule has 19 heavy (non-hydrogen) atoms. The minimum atomic E-state index is -0.0655. The Morgan fingerprint density at radius 1 is 1.32 bits per heavy atom. The highest BCUT2D eigenvalue weighted by Gasteiger charge is 2.28. The van der Waals surface area contributed by atoms with Gasteiger partial charge in [0.15, 0.2) is 0 Å². The largest absolute Gasteiger partial charge is 0.359 e. The van der Waals surface area contributed by atoms with Gasteiger partial charge in [-0.15, -0.1) is 0 Å². The van der Waals surface area contributed by atoms with Crippen molar-refractivity contribution in [2.75, 3.05) is 11.4 Å². The van der Waals surface area contributed by atoms with Gasteiger partial charge in [0.05, 0.1) is 0 Å². The van der Waals surface area contributed by atoms with Gasteiger partial charge in [-0.25, -0.2) is 0 Å². The van der Waals surface area contributed by atoms with Crippen molar-refractivity contribution >= 4 is 11.6 Å². The van der Waals surface area contributed by atoms with Crippen LogP contribution in [0.15, 0.2) is 24.3 Å². The minimum absolute atomic E-state index is 0.0655. The third kappa shape index (κ3) is 2.46. The Kier molecular flexibility index (Phi) is 3.45. The third-order valence-electron chi connectivity index (χ3n) is 4.47. The Bertz CT molecular complexity index is 466. The molecular formula is C16H22N2O. The summed E-state index contributed by atoms with van der Waals surface area (Å²) >= 11 is 0. The van der Waals surface area contributed by atoms with E-state index in [-0.39, 0.29) is 11.9 Å². The van der Waals surface area contributed by atoms with Gasteiger partial charge in [0.25, 0.3) is 0 Å². The van der Waals surface area contributed by atoms with Gasteiger partial charge in [-0.3, -0.25) is 4.79 Å². The van der Waals surface area contributed by atoms with Crippen LogP contribution in [0.5, 0.6) is 0 Å².